The number of benzene rings is 2. The molecule has 1 aliphatic rings. The lowest BCUT2D eigenvalue weighted by molar-refractivity contribution is -0.137. The number of para-hydroxylation sites is 2. The first-order chi connectivity index (χ1) is 13.3. The summed E-state index contributed by atoms with van der Waals surface area (Å²) in [5, 5.41) is 2.46. The summed E-state index contributed by atoms with van der Waals surface area (Å²) in [6.45, 7) is -0.530. The van der Waals surface area contributed by atoms with E-state index in [1.165, 1.54) is 24.1 Å². The molecule has 2 aromatic rings. The highest BCUT2D eigenvalue weighted by molar-refractivity contribution is 5.98. The molecule has 28 heavy (non-hydrogen) atoms. The highest BCUT2D eigenvalue weighted by atomic mass is 19.4. The van der Waals surface area contributed by atoms with E-state index in [-0.39, 0.29) is 12.3 Å². The highest BCUT2D eigenvalue weighted by Crippen LogP contribution is 2.34. The van der Waals surface area contributed by atoms with Crippen LogP contribution in [0, 0.1) is 0 Å². The average molecular weight is 394 g/mol. The molecule has 0 aromatic heterocycles. The first-order valence-corrected chi connectivity index (χ1v) is 8.37. The van der Waals surface area contributed by atoms with Crippen LogP contribution in [0.25, 0.3) is 0 Å². The van der Waals surface area contributed by atoms with Gasteiger partial charge in [-0.05, 0) is 30.3 Å². The number of rotatable bonds is 4. The third kappa shape index (κ3) is 4.19. The van der Waals surface area contributed by atoms with E-state index in [0.717, 1.165) is 12.1 Å². The number of carbonyl (C=O) groups is 2. The first kappa shape index (κ1) is 19.5. The molecule has 148 valence electrons. The zero-order valence-corrected chi connectivity index (χ0v) is 14.8. The minimum absolute atomic E-state index is 0.0402. The maximum atomic E-state index is 12.8. The Bertz CT molecular complexity index is 885. The van der Waals surface area contributed by atoms with Gasteiger partial charge in [-0.1, -0.05) is 18.2 Å². The summed E-state index contributed by atoms with van der Waals surface area (Å²) in [6, 6.07) is 11.0. The summed E-state index contributed by atoms with van der Waals surface area (Å²) in [5.41, 5.74) is -0.408. The molecule has 0 radical (unpaired) electrons. The van der Waals surface area contributed by atoms with Crippen molar-refractivity contribution in [3.8, 4) is 11.5 Å². The molecule has 1 heterocycles. The molecule has 6 nitrogen and oxygen atoms in total. The van der Waals surface area contributed by atoms with Gasteiger partial charge in [0.25, 0.3) is 11.8 Å². The SMILES string of the molecule is CNC(=O)C1CN(C(=O)COc2cccc(C(F)(F)F)c2)c2ccccc2O1. The Morgan fingerprint density at radius 3 is 2.68 bits per heavy atom. The van der Waals surface area contributed by atoms with Crippen LogP contribution in [-0.2, 0) is 15.8 Å². The van der Waals surface area contributed by atoms with Crippen molar-refractivity contribution < 1.29 is 32.2 Å². The molecular formula is C19H17F3N2O4. The number of nitrogens with zero attached hydrogens (tertiary/aromatic N) is 1. The molecule has 0 bridgehead atoms. The van der Waals surface area contributed by atoms with Crippen LogP contribution in [0.4, 0.5) is 18.9 Å². The van der Waals surface area contributed by atoms with Crippen LogP contribution >= 0.6 is 0 Å². The number of anilines is 1. The Hall–Kier alpha value is -3.23. The van der Waals surface area contributed by atoms with E-state index in [2.05, 4.69) is 5.32 Å². The topological polar surface area (TPSA) is 67.9 Å². The molecule has 2 aromatic carbocycles. The van der Waals surface area contributed by atoms with Crippen LogP contribution in [-0.4, -0.2) is 38.1 Å². The Morgan fingerprint density at radius 2 is 1.96 bits per heavy atom. The Labute approximate surface area is 158 Å². The van der Waals surface area contributed by atoms with E-state index >= 15 is 0 Å². The second-order valence-electron chi connectivity index (χ2n) is 6.01. The molecule has 0 fully saturated rings. The number of fused-ring (bicyclic) bond motifs is 1. The molecule has 1 aliphatic heterocycles. The van der Waals surface area contributed by atoms with Crippen LogP contribution < -0.4 is 19.7 Å². The van der Waals surface area contributed by atoms with Gasteiger partial charge >= 0.3 is 6.18 Å². The lowest BCUT2D eigenvalue weighted by Crippen LogP contribution is -2.51. The second kappa shape index (κ2) is 7.79. The summed E-state index contributed by atoms with van der Waals surface area (Å²) < 4.78 is 49.2. The van der Waals surface area contributed by atoms with E-state index in [1.807, 2.05) is 0 Å². The number of halogens is 3. The quantitative estimate of drug-likeness (QED) is 0.866. The predicted molar refractivity (Wildman–Crippen MR) is 94.2 cm³/mol. The number of carbonyl (C=O) groups excluding carboxylic acids is 2. The van der Waals surface area contributed by atoms with Gasteiger partial charge in [-0.2, -0.15) is 13.2 Å². The number of likely N-dealkylation sites (N-methyl/N-ethyl adjacent to an activating group) is 1. The molecule has 0 spiro atoms. The maximum absolute atomic E-state index is 12.8. The van der Waals surface area contributed by atoms with Gasteiger partial charge in [-0.15, -0.1) is 0 Å². The molecule has 0 saturated carbocycles. The van der Waals surface area contributed by atoms with Crippen LogP contribution in [0.3, 0.4) is 0 Å². The molecule has 1 N–H and O–H groups in total. The van der Waals surface area contributed by atoms with E-state index < -0.39 is 36.3 Å². The fraction of sp³-hybridized carbons (Fsp3) is 0.263. The molecule has 3 rings (SSSR count). The van der Waals surface area contributed by atoms with Crippen LogP contribution in [0.1, 0.15) is 5.56 Å². The van der Waals surface area contributed by atoms with Crippen LogP contribution in [0.5, 0.6) is 11.5 Å². The zero-order valence-electron chi connectivity index (χ0n) is 14.8. The van der Waals surface area contributed by atoms with Crippen molar-refractivity contribution >= 4 is 17.5 Å². The predicted octanol–water partition coefficient (Wildman–Crippen LogP) is 2.62. The Morgan fingerprint density at radius 1 is 1.21 bits per heavy atom. The number of nitrogens with one attached hydrogen (secondary N) is 1. The second-order valence-corrected chi connectivity index (χ2v) is 6.01. The van der Waals surface area contributed by atoms with Gasteiger partial charge in [0.15, 0.2) is 12.7 Å². The number of alkyl halides is 3. The average Bonchev–Trinajstić information content (AvgIpc) is 2.70. The van der Waals surface area contributed by atoms with Gasteiger partial charge in [-0.25, -0.2) is 0 Å². The van der Waals surface area contributed by atoms with Crippen molar-refractivity contribution in [3.05, 3.63) is 54.1 Å². The molecule has 2 amide bonds. The fourth-order valence-electron chi connectivity index (χ4n) is 2.75. The molecule has 0 aliphatic carbocycles. The van der Waals surface area contributed by atoms with Gasteiger partial charge in [-0.3, -0.25) is 9.59 Å². The Kier molecular flexibility index (Phi) is 5.43. The highest BCUT2D eigenvalue weighted by Gasteiger charge is 2.34. The smallest absolute Gasteiger partial charge is 0.416 e. The van der Waals surface area contributed by atoms with Crippen molar-refractivity contribution in [1.82, 2.24) is 5.32 Å². The zero-order chi connectivity index (χ0) is 20.3. The van der Waals surface area contributed by atoms with Gasteiger partial charge < -0.3 is 19.7 Å². The lowest BCUT2D eigenvalue weighted by atomic mass is 10.1. The van der Waals surface area contributed by atoms with Crippen molar-refractivity contribution in [2.45, 2.75) is 12.3 Å². The maximum Gasteiger partial charge on any atom is 0.416 e. The van der Waals surface area contributed by atoms with Gasteiger partial charge in [0.05, 0.1) is 17.8 Å². The lowest BCUT2D eigenvalue weighted by Gasteiger charge is -2.33. The number of amides is 2. The van der Waals surface area contributed by atoms with Crippen molar-refractivity contribution in [2.24, 2.45) is 0 Å². The standard InChI is InChI=1S/C19H17F3N2O4/c1-23-18(26)16-10-24(14-7-2-3-8-15(14)28-16)17(25)11-27-13-6-4-5-12(9-13)19(20,21)22/h2-9,16H,10-11H2,1H3,(H,23,26). The minimum Gasteiger partial charge on any atom is -0.484 e. The summed E-state index contributed by atoms with van der Waals surface area (Å²) in [4.78, 5) is 25.9. The molecule has 1 unspecified atom stereocenters. The van der Waals surface area contributed by atoms with Gasteiger partial charge in [0, 0.05) is 7.05 Å². The van der Waals surface area contributed by atoms with Gasteiger partial charge in [0.1, 0.15) is 11.5 Å². The largest absolute Gasteiger partial charge is 0.484 e. The van der Waals surface area contributed by atoms with Crippen LogP contribution in [0.2, 0.25) is 0 Å². The van der Waals surface area contributed by atoms with Gasteiger partial charge in [0.2, 0.25) is 0 Å². The van der Waals surface area contributed by atoms with Crippen molar-refractivity contribution in [2.75, 3.05) is 25.1 Å². The van der Waals surface area contributed by atoms with E-state index in [9.17, 15) is 22.8 Å². The summed E-state index contributed by atoms with van der Waals surface area (Å²) in [7, 11) is 1.45. The van der Waals surface area contributed by atoms with Crippen molar-refractivity contribution in [3.63, 3.8) is 0 Å². The van der Waals surface area contributed by atoms with E-state index in [0.29, 0.717) is 11.4 Å². The van der Waals surface area contributed by atoms with Crippen LogP contribution in [0.15, 0.2) is 48.5 Å². The summed E-state index contributed by atoms with van der Waals surface area (Å²) in [5.74, 6) is -0.629. The third-order valence-corrected chi connectivity index (χ3v) is 4.14. The molecular weight excluding hydrogens is 377 g/mol. The molecule has 0 saturated heterocycles. The normalized spacial score (nSPS) is 16.0. The van der Waals surface area contributed by atoms with E-state index in [4.69, 9.17) is 9.47 Å². The van der Waals surface area contributed by atoms with Crippen molar-refractivity contribution in [1.29, 1.82) is 0 Å². The summed E-state index contributed by atoms with van der Waals surface area (Å²) >= 11 is 0. The summed E-state index contributed by atoms with van der Waals surface area (Å²) in [6.07, 6.45) is -5.41. The number of hydrogen-bond donors (Lipinski definition) is 1. The third-order valence-electron chi connectivity index (χ3n) is 4.14. The molecule has 9 heteroatoms. The fourth-order valence-corrected chi connectivity index (χ4v) is 2.75. The number of hydrogen-bond acceptors (Lipinski definition) is 4. The molecule has 1 atom stereocenters. The monoisotopic (exact) mass is 394 g/mol. The van der Waals surface area contributed by atoms with E-state index in [1.54, 1.807) is 24.3 Å². The first-order valence-electron chi connectivity index (χ1n) is 8.37. The number of ether oxygens (including phenoxy) is 2. The Balaban J connectivity index is 1.75. The minimum atomic E-state index is -4.51.